The lowest BCUT2D eigenvalue weighted by atomic mass is 9.64. The van der Waals surface area contributed by atoms with E-state index in [4.69, 9.17) is 26.7 Å². The zero-order valence-corrected chi connectivity index (χ0v) is 38.8. The van der Waals surface area contributed by atoms with Crippen molar-refractivity contribution in [2.75, 3.05) is 14.2 Å². The van der Waals surface area contributed by atoms with Gasteiger partial charge in [0.2, 0.25) is 14.9 Å². The molecule has 0 heterocycles. The van der Waals surface area contributed by atoms with Crippen molar-refractivity contribution in [1.29, 1.82) is 0 Å². The third kappa shape index (κ3) is 12.2. The second-order valence-electron chi connectivity index (χ2n) is 18.4. The molecule has 27 heteroatoms. The Hall–Kier alpha value is -1.92. The molecule has 0 spiro atoms. The van der Waals surface area contributed by atoms with Crippen LogP contribution in [0.2, 0.25) is 0 Å². The van der Waals surface area contributed by atoms with Gasteiger partial charge in [-0.05, 0) is 100 Å². The van der Waals surface area contributed by atoms with Crippen LogP contribution in [0.5, 0.6) is 0 Å². The number of methoxy groups -OCH3 is 2. The summed E-state index contributed by atoms with van der Waals surface area (Å²) >= 11 is 0. The third-order valence-corrected chi connectivity index (χ3v) is 21.5. The highest BCUT2D eigenvalue weighted by Gasteiger charge is 2.58. The number of ether oxygens (including phenoxy) is 2. The van der Waals surface area contributed by atoms with Crippen molar-refractivity contribution in [1.82, 2.24) is 0 Å². The maximum atomic E-state index is 14.2. The van der Waals surface area contributed by atoms with Gasteiger partial charge in [0.25, 0.3) is 20.2 Å². The number of rotatable bonds is 14. The normalized spacial score (nSPS) is 43.6. The average molecular weight is 973 g/mol. The largest absolute Gasteiger partial charge is 0.390 e. The van der Waals surface area contributed by atoms with Crippen LogP contribution in [-0.2, 0) is 38.6 Å². The van der Waals surface area contributed by atoms with Crippen LogP contribution in [0.15, 0.2) is 30.7 Å². The van der Waals surface area contributed by atoms with Gasteiger partial charge in [0.15, 0.2) is 0 Å². The van der Waals surface area contributed by atoms with Crippen molar-refractivity contribution in [2.24, 2.45) is 59.7 Å². The molecule has 0 aromatic carbocycles. The monoisotopic (exact) mass is 972 g/mol. The number of hydrogen-bond donors (Lipinski definition) is 6. The molecule has 6 aliphatic rings. The molecule has 23 nitrogen and oxygen atoms in total. The van der Waals surface area contributed by atoms with Crippen LogP contribution in [0.4, 0.5) is 0 Å². The predicted molar refractivity (Wildman–Crippen MR) is 231 cm³/mol. The zero-order valence-electron chi connectivity index (χ0n) is 35.5. The van der Waals surface area contributed by atoms with E-state index in [2.05, 4.69) is 30.7 Å². The van der Waals surface area contributed by atoms with Crippen LogP contribution < -0.4 is 17.2 Å². The van der Waals surface area contributed by atoms with E-state index in [0.29, 0.717) is 44.9 Å². The highest BCUT2D eigenvalue weighted by Crippen LogP contribution is 2.47. The summed E-state index contributed by atoms with van der Waals surface area (Å²) in [5.74, 6) is -1.98. The molecular formula is C36H64N10O13S4. The second kappa shape index (κ2) is 20.9. The van der Waals surface area contributed by atoms with Gasteiger partial charge in [0.1, 0.15) is 22.6 Å². The van der Waals surface area contributed by atoms with Gasteiger partial charge >= 0.3 is 0 Å². The van der Waals surface area contributed by atoms with Crippen molar-refractivity contribution >= 4 is 39.9 Å². The first kappa shape index (κ1) is 50.5. The quantitative estimate of drug-likeness (QED) is 0.0477. The number of aliphatic hydroxyl groups is 1. The molecule has 6 rings (SSSR count). The molecule has 0 bridgehead atoms. The van der Waals surface area contributed by atoms with Crippen molar-refractivity contribution in [3.05, 3.63) is 10.1 Å². The number of aliphatic hydroxyl groups excluding tert-OH is 1. The fraction of sp³-hybridized carbons (Fsp3) is 1.00. The van der Waals surface area contributed by atoms with Crippen molar-refractivity contribution in [3.8, 4) is 0 Å². The Kier molecular flexibility index (Phi) is 16.8. The van der Waals surface area contributed by atoms with E-state index in [1.165, 1.54) is 7.11 Å². The fourth-order valence-electron chi connectivity index (χ4n) is 10.7. The van der Waals surface area contributed by atoms with E-state index in [9.17, 15) is 49.6 Å². The number of nitrogens with zero attached hydrogens (tertiary/aromatic N) is 7. The number of nitrogens with two attached hydrogens (primary N) is 3. The minimum atomic E-state index is -4.95. The molecule has 17 unspecified atom stereocenters. The Bertz CT molecular complexity index is 2010. The Morgan fingerprint density at radius 3 is 1.89 bits per heavy atom. The third-order valence-electron chi connectivity index (χ3n) is 14.4. The summed E-state index contributed by atoms with van der Waals surface area (Å²) in [5, 5.41) is 44.9. The smallest absolute Gasteiger partial charge is 0.270 e. The Morgan fingerprint density at radius 1 is 0.667 bits per heavy atom. The molecule has 0 radical (unpaired) electrons. The standard InChI is InChI=1S/C36H64N10O13S4/c1-58-22-8-12-29(27(16-22)43-41-25-10-3-19(37)15-24(25)38)60-63(56,57)23-9-11-28(59-2)26(17-23)42-45-35-31(62(53,54)55)14-18-13-30(61(50,51)52)34(33(39)32(18)36(35)47)44-40-20-4-6-21(7-5-20)46(48)49/h18-36,47H,3-17,37-39H2,1-2H3,(H,50,51,52)(H,53,54,55). The molecule has 0 amide bonds. The van der Waals surface area contributed by atoms with Gasteiger partial charge in [-0.3, -0.25) is 19.2 Å². The first-order valence-electron chi connectivity index (χ1n) is 21.8. The fourth-order valence-corrected chi connectivity index (χ4v) is 17.4. The van der Waals surface area contributed by atoms with Gasteiger partial charge in [-0.1, -0.05) is 0 Å². The average Bonchev–Trinajstić information content (AvgIpc) is 3.22. The number of nitro groups is 1. The highest BCUT2D eigenvalue weighted by molar-refractivity contribution is 8.72. The second-order valence-corrected chi connectivity index (χ2v) is 26.0. The summed E-state index contributed by atoms with van der Waals surface area (Å²) in [6, 6.07) is -7.26. The summed E-state index contributed by atoms with van der Waals surface area (Å²) in [6.45, 7) is 0. The molecule has 0 saturated heterocycles. The molecule has 17 atom stereocenters. The molecule has 6 saturated carbocycles. The van der Waals surface area contributed by atoms with E-state index in [1.807, 2.05) is 0 Å². The minimum absolute atomic E-state index is 0.00644. The topological polar surface area (TPSA) is 377 Å². The van der Waals surface area contributed by atoms with Crippen LogP contribution in [-0.4, -0.2) is 158 Å². The maximum absolute atomic E-state index is 14.2. The number of hydrogen-bond acceptors (Lipinski definition) is 21. The predicted octanol–water partition coefficient (Wildman–Crippen LogP) is 2.05. The number of fused-ring (bicyclic) bond motifs is 1. The van der Waals surface area contributed by atoms with Crippen molar-refractivity contribution < 1.29 is 53.9 Å². The number of azo groups is 3. The summed E-state index contributed by atoms with van der Waals surface area (Å²) in [7, 11) is -9.76. The van der Waals surface area contributed by atoms with Crippen LogP contribution in [0, 0.1) is 22.0 Å². The van der Waals surface area contributed by atoms with Gasteiger partial charge in [-0.25, -0.2) is 8.42 Å². The summed E-state index contributed by atoms with van der Waals surface area (Å²) in [5.41, 5.74) is 19.0. The van der Waals surface area contributed by atoms with E-state index in [-0.39, 0.29) is 67.7 Å². The lowest BCUT2D eigenvalue weighted by Gasteiger charge is -2.50. The van der Waals surface area contributed by atoms with Gasteiger partial charge < -0.3 is 31.8 Å². The van der Waals surface area contributed by atoms with Crippen molar-refractivity contribution in [2.45, 2.75) is 196 Å². The van der Waals surface area contributed by atoms with E-state index >= 15 is 0 Å². The Morgan fingerprint density at radius 2 is 1.29 bits per heavy atom. The van der Waals surface area contributed by atoms with E-state index in [0.717, 1.165) is 17.2 Å². The Balaban J connectivity index is 1.19. The highest BCUT2D eigenvalue weighted by atomic mass is 33.1. The first-order valence-corrected chi connectivity index (χ1v) is 27.7. The van der Waals surface area contributed by atoms with Crippen LogP contribution in [0.3, 0.4) is 0 Å². The molecule has 0 aliphatic heterocycles. The lowest BCUT2D eigenvalue weighted by molar-refractivity contribution is -0.526. The minimum Gasteiger partial charge on any atom is -0.390 e. The molecule has 0 aromatic rings. The molecule has 360 valence electrons. The summed E-state index contributed by atoms with van der Waals surface area (Å²) in [6.07, 6.45) is 2.12. The van der Waals surface area contributed by atoms with E-state index in [1.54, 1.807) is 7.11 Å². The molecule has 9 N–H and O–H groups in total. The van der Waals surface area contributed by atoms with Crippen LogP contribution in [0.25, 0.3) is 0 Å². The Labute approximate surface area is 372 Å². The van der Waals surface area contributed by atoms with Gasteiger partial charge in [0, 0.05) is 61.3 Å². The summed E-state index contributed by atoms with van der Waals surface area (Å²) in [4.78, 5) is 10.9. The van der Waals surface area contributed by atoms with Gasteiger partial charge in [-0.2, -0.15) is 47.5 Å². The zero-order chi connectivity index (χ0) is 46.0. The molecular weight excluding hydrogens is 909 g/mol. The van der Waals surface area contributed by atoms with Crippen molar-refractivity contribution in [3.63, 3.8) is 0 Å². The SMILES string of the molecule is COC1CCC(SS(=O)(=O)C2CCC(OC)C(N=NC3C(O)C4C(CC(S(=O)(=O)O)C(N=NC5CCC([N+](=O)[O-])CC5)C4N)CC3S(=O)(=O)O)C2)C(N=NC2CCC(N)CC2N)C1. The van der Waals surface area contributed by atoms with Crippen LogP contribution in [0.1, 0.15) is 96.3 Å². The summed E-state index contributed by atoms with van der Waals surface area (Å²) < 4.78 is 112. The lowest BCUT2D eigenvalue weighted by Crippen LogP contribution is -2.65. The molecule has 6 aliphatic carbocycles. The van der Waals surface area contributed by atoms with Gasteiger partial charge in [0.05, 0.1) is 47.7 Å². The molecule has 0 aromatic heterocycles. The molecule has 6 fully saturated rings. The maximum Gasteiger partial charge on any atom is 0.270 e. The molecule has 63 heavy (non-hydrogen) atoms. The first-order chi connectivity index (χ1) is 29.6. The van der Waals surface area contributed by atoms with E-state index < -0.39 is 123 Å². The van der Waals surface area contributed by atoms with Gasteiger partial charge in [-0.15, -0.1) is 0 Å². The van der Waals surface area contributed by atoms with Crippen LogP contribution >= 0.6 is 10.8 Å².